The zero-order valence-electron chi connectivity index (χ0n) is 12.1. The van der Waals surface area contributed by atoms with Crippen molar-refractivity contribution in [2.24, 2.45) is 0 Å². The molecule has 2 N–H and O–H groups in total. The summed E-state index contributed by atoms with van der Waals surface area (Å²) in [6, 6.07) is 0. The number of rotatable bonds is 6. The maximum Gasteiger partial charge on any atom is 0.475 e. The topological polar surface area (TPSA) is 68.2 Å². The molecule has 17 heavy (non-hydrogen) atoms. The molecule has 0 heterocycles. The van der Waals surface area contributed by atoms with Gasteiger partial charge >= 0.3 is 25.9 Å². The summed E-state index contributed by atoms with van der Waals surface area (Å²) in [5.41, 5.74) is 0. The molecule has 0 aromatic carbocycles. The van der Waals surface area contributed by atoms with Crippen LogP contribution in [0.15, 0.2) is 0 Å². The summed E-state index contributed by atoms with van der Waals surface area (Å²) < 4.78 is 16.9. The predicted molar refractivity (Wildman–Crippen MR) is 77.6 cm³/mol. The van der Waals surface area contributed by atoms with Crippen molar-refractivity contribution in [3.8, 4) is 0 Å². The molecule has 5 nitrogen and oxygen atoms in total. The van der Waals surface area contributed by atoms with Gasteiger partial charge in [0.2, 0.25) is 0 Å². The molecule has 0 aliphatic carbocycles. The van der Waals surface area contributed by atoms with Crippen molar-refractivity contribution in [3.63, 3.8) is 0 Å². The van der Waals surface area contributed by atoms with E-state index < -0.39 is 34.2 Å². The van der Waals surface area contributed by atoms with E-state index in [2.05, 4.69) is 0 Å². The van der Waals surface area contributed by atoms with Crippen molar-refractivity contribution in [1.82, 2.24) is 0 Å². The average Bonchev–Trinajstić information content (AvgIpc) is 1.65. The lowest BCUT2D eigenvalue weighted by Gasteiger charge is -2.36. The van der Waals surface area contributed by atoms with Crippen LogP contribution in [-0.4, -0.2) is 43.8 Å². The summed E-state index contributed by atoms with van der Waals surface area (Å²) in [5.74, 6) is 0. The summed E-state index contributed by atoms with van der Waals surface area (Å²) in [6.45, 7) is 14.6. The van der Waals surface area contributed by atoms with Gasteiger partial charge in [0.1, 0.15) is 0 Å². The normalized spacial score (nSPS) is 18.0. The molecular weight excluding hydrogens is 288 g/mol. The van der Waals surface area contributed by atoms with Gasteiger partial charge in [0, 0.05) is 6.55 Å². The molecule has 0 bridgehead atoms. The monoisotopic (exact) mass is 314 g/mol. The highest BCUT2D eigenvalue weighted by Gasteiger charge is 2.44. The predicted octanol–water partition coefficient (Wildman–Crippen LogP) is 1.83. The van der Waals surface area contributed by atoms with E-state index in [0.29, 0.717) is 0 Å². The first-order valence-electron chi connectivity index (χ1n) is 5.67. The maximum absolute atomic E-state index is 10.2. The molecule has 0 aliphatic rings. The van der Waals surface area contributed by atoms with Gasteiger partial charge in [-0.1, -0.05) is 0 Å². The Kier molecular flexibility index (Phi) is 5.55. The van der Waals surface area contributed by atoms with Gasteiger partial charge in [0.15, 0.2) is 8.32 Å². The van der Waals surface area contributed by atoms with Crippen molar-refractivity contribution < 1.29 is 21.9 Å². The van der Waals surface area contributed by atoms with Crippen LogP contribution in [0.4, 0.5) is 0 Å². The molecule has 1 atom stereocenters. The SMILES string of the molecule is C[Si](C)(C)O[Si](C)(O)O[Si](C)(C)O[Si](C)(C)O. The Morgan fingerprint density at radius 2 is 1.06 bits per heavy atom. The van der Waals surface area contributed by atoms with E-state index in [4.69, 9.17) is 12.3 Å². The van der Waals surface area contributed by atoms with E-state index in [0.717, 1.165) is 0 Å². The minimum Gasteiger partial charge on any atom is -0.417 e. The zero-order valence-corrected chi connectivity index (χ0v) is 16.1. The second kappa shape index (κ2) is 5.34. The molecule has 104 valence electrons. The summed E-state index contributed by atoms with van der Waals surface area (Å²) in [4.78, 5) is 20.0. The first-order valence-corrected chi connectivity index (χ1v) is 17.0. The highest BCUT2D eigenvalue weighted by molar-refractivity contribution is 6.86. The largest absolute Gasteiger partial charge is 0.475 e. The van der Waals surface area contributed by atoms with Crippen molar-refractivity contribution in [3.05, 3.63) is 0 Å². The third-order valence-electron chi connectivity index (χ3n) is 1.43. The maximum atomic E-state index is 10.2. The van der Waals surface area contributed by atoms with Crippen molar-refractivity contribution in [2.75, 3.05) is 0 Å². The Balaban J connectivity index is 4.59. The van der Waals surface area contributed by atoms with Crippen LogP contribution in [0.25, 0.3) is 0 Å². The smallest absolute Gasteiger partial charge is 0.417 e. The van der Waals surface area contributed by atoms with Gasteiger partial charge in [-0.15, -0.1) is 0 Å². The molecule has 0 saturated heterocycles. The fourth-order valence-electron chi connectivity index (χ4n) is 1.67. The van der Waals surface area contributed by atoms with E-state index in [9.17, 15) is 9.59 Å². The second-order valence-electron chi connectivity index (χ2n) is 6.16. The van der Waals surface area contributed by atoms with E-state index >= 15 is 0 Å². The van der Waals surface area contributed by atoms with Crippen molar-refractivity contribution >= 4 is 34.2 Å². The lowest BCUT2D eigenvalue weighted by molar-refractivity contribution is 0.220. The molecule has 0 rings (SSSR count). The molecule has 0 fully saturated rings. The molecule has 0 aliphatic heterocycles. The Morgan fingerprint density at radius 1 is 0.647 bits per heavy atom. The highest BCUT2D eigenvalue weighted by Crippen LogP contribution is 2.21. The first kappa shape index (κ1) is 17.7. The van der Waals surface area contributed by atoms with Crippen LogP contribution in [0.2, 0.25) is 52.4 Å². The molecular formula is C8H26O5Si4. The summed E-state index contributed by atoms with van der Waals surface area (Å²) in [5, 5.41) is 0. The van der Waals surface area contributed by atoms with E-state index in [1.54, 1.807) is 19.6 Å². The third-order valence-corrected chi connectivity index (χ3v) is 12.8. The van der Waals surface area contributed by atoms with Crippen molar-refractivity contribution in [2.45, 2.75) is 52.4 Å². The molecule has 0 saturated carbocycles. The lowest BCUT2D eigenvalue weighted by atomic mass is 11.8. The van der Waals surface area contributed by atoms with Crippen LogP contribution in [0.5, 0.6) is 0 Å². The number of hydrogen-bond donors (Lipinski definition) is 2. The molecule has 9 heteroatoms. The van der Waals surface area contributed by atoms with Gasteiger partial charge in [-0.25, -0.2) is 0 Å². The first-order chi connectivity index (χ1) is 7.12. The fraction of sp³-hybridized carbons (Fsp3) is 1.00. The molecule has 0 radical (unpaired) electrons. The Morgan fingerprint density at radius 3 is 1.35 bits per heavy atom. The fourth-order valence-corrected chi connectivity index (χ4v) is 15.8. The van der Waals surface area contributed by atoms with Crippen LogP contribution < -0.4 is 0 Å². The van der Waals surface area contributed by atoms with E-state index in [-0.39, 0.29) is 0 Å². The number of hydrogen-bond acceptors (Lipinski definition) is 5. The van der Waals surface area contributed by atoms with Gasteiger partial charge in [-0.3, -0.25) is 0 Å². The standard InChI is InChI=1S/C8H26O5Si4/c1-14(2,3)11-17(8,10)13-16(6,7)12-15(4,5)9/h9-10H,1-8H3. The second-order valence-corrected chi connectivity index (χ2v) is 20.3. The van der Waals surface area contributed by atoms with Gasteiger partial charge in [-0.2, -0.15) is 0 Å². The molecule has 1 unspecified atom stereocenters. The summed E-state index contributed by atoms with van der Waals surface area (Å²) in [6.07, 6.45) is 0. The third kappa shape index (κ3) is 10.3. The minimum atomic E-state index is -3.16. The van der Waals surface area contributed by atoms with E-state index in [1.807, 2.05) is 32.7 Å². The van der Waals surface area contributed by atoms with Gasteiger partial charge in [0.25, 0.3) is 0 Å². The lowest BCUT2D eigenvalue weighted by Crippen LogP contribution is -2.57. The Bertz CT molecular complexity index is 230. The van der Waals surface area contributed by atoms with Gasteiger partial charge in [-0.05, 0) is 45.8 Å². The summed E-state index contributed by atoms with van der Waals surface area (Å²) in [7, 11) is -10.2. The van der Waals surface area contributed by atoms with Gasteiger partial charge in [0.05, 0.1) is 0 Å². The van der Waals surface area contributed by atoms with E-state index in [1.165, 1.54) is 0 Å². The van der Waals surface area contributed by atoms with Crippen molar-refractivity contribution in [1.29, 1.82) is 0 Å². The molecule has 0 spiro atoms. The quantitative estimate of drug-likeness (QED) is 0.732. The molecule has 0 aromatic heterocycles. The van der Waals surface area contributed by atoms with Crippen LogP contribution in [0, 0.1) is 0 Å². The highest BCUT2D eigenvalue weighted by atomic mass is 28.5. The van der Waals surface area contributed by atoms with Crippen LogP contribution in [0.1, 0.15) is 0 Å². The average molecular weight is 315 g/mol. The molecule has 0 aromatic rings. The summed E-state index contributed by atoms with van der Waals surface area (Å²) >= 11 is 0. The Labute approximate surface area is 109 Å². The van der Waals surface area contributed by atoms with Crippen LogP contribution >= 0.6 is 0 Å². The Hall–Kier alpha value is 0.668. The van der Waals surface area contributed by atoms with Gasteiger partial charge < -0.3 is 21.9 Å². The molecule has 0 amide bonds. The zero-order chi connectivity index (χ0) is 14.1. The van der Waals surface area contributed by atoms with Crippen LogP contribution in [-0.2, 0) is 12.3 Å². The van der Waals surface area contributed by atoms with Crippen LogP contribution in [0.3, 0.4) is 0 Å². The minimum absolute atomic E-state index is 1.61.